The van der Waals surface area contributed by atoms with Gasteiger partial charge in [0, 0.05) is 5.25 Å². The number of rotatable bonds is 3. The number of ether oxygens (including phenoxy) is 1. The molecular formula is C8H16OS2. The van der Waals surface area contributed by atoms with Crippen molar-refractivity contribution in [2.75, 3.05) is 12.0 Å². The molecule has 0 spiro atoms. The standard InChI is InChI=1S/C8H16OS2/c1-6-7(2)11-8(9-6)4-5-10-3/h6-8H,4-5H2,1-3H3/t6-,7+,8+/m0/s1. The highest BCUT2D eigenvalue weighted by atomic mass is 32.2. The molecule has 1 nitrogen and oxygen atoms in total. The van der Waals surface area contributed by atoms with Crippen LogP contribution in [0.1, 0.15) is 20.3 Å². The highest BCUT2D eigenvalue weighted by Crippen LogP contribution is 2.34. The molecule has 1 fully saturated rings. The van der Waals surface area contributed by atoms with E-state index in [2.05, 4.69) is 20.1 Å². The van der Waals surface area contributed by atoms with Crippen molar-refractivity contribution in [2.24, 2.45) is 0 Å². The van der Waals surface area contributed by atoms with Gasteiger partial charge in [-0.25, -0.2) is 0 Å². The van der Waals surface area contributed by atoms with Crippen molar-refractivity contribution in [2.45, 2.75) is 37.1 Å². The lowest BCUT2D eigenvalue weighted by Gasteiger charge is -2.07. The van der Waals surface area contributed by atoms with E-state index in [0.717, 1.165) is 0 Å². The molecule has 0 saturated carbocycles. The first-order chi connectivity index (χ1) is 5.24. The van der Waals surface area contributed by atoms with Crippen LogP contribution in [0.4, 0.5) is 0 Å². The van der Waals surface area contributed by atoms with Crippen LogP contribution in [0, 0.1) is 0 Å². The minimum Gasteiger partial charge on any atom is -0.363 e. The molecule has 1 aliphatic rings. The molecule has 11 heavy (non-hydrogen) atoms. The summed E-state index contributed by atoms with van der Waals surface area (Å²) in [5.41, 5.74) is 0.465. The fourth-order valence-corrected chi connectivity index (χ4v) is 2.94. The van der Waals surface area contributed by atoms with E-state index in [0.29, 0.717) is 16.8 Å². The second-order valence-electron chi connectivity index (χ2n) is 2.89. The quantitative estimate of drug-likeness (QED) is 0.680. The summed E-state index contributed by atoms with van der Waals surface area (Å²) in [6.45, 7) is 4.41. The Hall–Kier alpha value is 0.660. The van der Waals surface area contributed by atoms with Gasteiger partial charge in [-0.05, 0) is 25.4 Å². The molecular weight excluding hydrogens is 176 g/mol. The molecule has 66 valence electrons. The van der Waals surface area contributed by atoms with Crippen LogP contribution in [-0.4, -0.2) is 28.8 Å². The predicted molar refractivity (Wildman–Crippen MR) is 54.4 cm³/mol. The lowest BCUT2D eigenvalue weighted by molar-refractivity contribution is 0.0670. The number of hydrogen-bond donors (Lipinski definition) is 0. The third-order valence-corrected chi connectivity index (χ3v) is 4.06. The fraction of sp³-hybridized carbons (Fsp3) is 1.00. The lowest BCUT2D eigenvalue weighted by Crippen LogP contribution is -2.12. The van der Waals surface area contributed by atoms with Gasteiger partial charge >= 0.3 is 0 Å². The Morgan fingerprint density at radius 2 is 2.18 bits per heavy atom. The zero-order valence-electron chi connectivity index (χ0n) is 7.37. The first kappa shape index (κ1) is 9.75. The maximum absolute atomic E-state index is 5.73. The van der Waals surface area contributed by atoms with Gasteiger partial charge in [-0.2, -0.15) is 11.8 Å². The van der Waals surface area contributed by atoms with E-state index in [1.54, 1.807) is 0 Å². The average Bonchev–Trinajstić information content (AvgIpc) is 2.28. The molecule has 3 atom stereocenters. The maximum Gasteiger partial charge on any atom is 0.104 e. The smallest absolute Gasteiger partial charge is 0.104 e. The van der Waals surface area contributed by atoms with Gasteiger partial charge in [0.15, 0.2) is 0 Å². The molecule has 0 aromatic rings. The van der Waals surface area contributed by atoms with Crippen LogP contribution in [0.2, 0.25) is 0 Å². The van der Waals surface area contributed by atoms with Gasteiger partial charge in [0.1, 0.15) is 5.44 Å². The number of hydrogen-bond acceptors (Lipinski definition) is 3. The minimum absolute atomic E-state index is 0.451. The van der Waals surface area contributed by atoms with Gasteiger partial charge < -0.3 is 4.74 Å². The summed E-state index contributed by atoms with van der Waals surface area (Å²) in [6, 6.07) is 0. The topological polar surface area (TPSA) is 9.23 Å². The molecule has 0 aliphatic carbocycles. The summed E-state index contributed by atoms with van der Waals surface area (Å²) in [6.07, 6.45) is 3.79. The second kappa shape index (κ2) is 4.63. The SMILES string of the molecule is CSCC[C@@H]1O[C@@H](C)[C@@H](C)S1. The largest absolute Gasteiger partial charge is 0.363 e. The van der Waals surface area contributed by atoms with Crippen LogP contribution in [-0.2, 0) is 4.74 Å². The normalized spacial score (nSPS) is 37.9. The zero-order chi connectivity index (χ0) is 8.27. The molecule has 0 radical (unpaired) electrons. The maximum atomic E-state index is 5.73. The Kier molecular flexibility index (Phi) is 4.10. The van der Waals surface area contributed by atoms with Crippen molar-refractivity contribution in [1.29, 1.82) is 0 Å². The van der Waals surface area contributed by atoms with Gasteiger partial charge in [-0.1, -0.05) is 6.92 Å². The van der Waals surface area contributed by atoms with Crippen molar-refractivity contribution in [3.63, 3.8) is 0 Å². The van der Waals surface area contributed by atoms with Crippen LogP contribution < -0.4 is 0 Å². The average molecular weight is 192 g/mol. The molecule has 1 saturated heterocycles. The van der Waals surface area contributed by atoms with Crippen LogP contribution in [0.3, 0.4) is 0 Å². The first-order valence-corrected chi connectivity index (χ1v) is 6.37. The number of thioether (sulfide) groups is 2. The van der Waals surface area contributed by atoms with E-state index in [-0.39, 0.29) is 0 Å². The van der Waals surface area contributed by atoms with E-state index in [9.17, 15) is 0 Å². The van der Waals surface area contributed by atoms with Crippen LogP contribution in [0.15, 0.2) is 0 Å². The molecule has 3 heteroatoms. The molecule has 0 N–H and O–H groups in total. The Balaban J connectivity index is 2.18. The van der Waals surface area contributed by atoms with Crippen LogP contribution in [0.5, 0.6) is 0 Å². The predicted octanol–water partition coefficient (Wildman–Crippen LogP) is 2.61. The van der Waals surface area contributed by atoms with Crippen molar-refractivity contribution < 1.29 is 4.74 Å². The highest BCUT2D eigenvalue weighted by Gasteiger charge is 2.28. The molecule has 0 bridgehead atoms. The second-order valence-corrected chi connectivity index (χ2v) is 5.42. The molecule has 1 rings (SSSR count). The van der Waals surface area contributed by atoms with E-state index in [1.165, 1.54) is 12.2 Å². The van der Waals surface area contributed by atoms with Crippen LogP contribution in [0.25, 0.3) is 0 Å². The van der Waals surface area contributed by atoms with Gasteiger partial charge in [-0.3, -0.25) is 0 Å². The monoisotopic (exact) mass is 192 g/mol. The van der Waals surface area contributed by atoms with E-state index in [1.807, 2.05) is 23.5 Å². The first-order valence-electron chi connectivity index (χ1n) is 4.04. The van der Waals surface area contributed by atoms with Gasteiger partial charge in [0.25, 0.3) is 0 Å². The molecule has 0 unspecified atom stereocenters. The van der Waals surface area contributed by atoms with E-state index in [4.69, 9.17) is 4.74 Å². The Bertz CT molecular complexity index is 109. The lowest BCUT2D eigenvalue weighted by atomic mass is 10.3. The van der Waals surface area contributed by atoms with Gasteiger partial charge in [-0.15, -0.1) is 11.8 Å². The van der Waals surface area contributed by atoms with Gasteiger partial charge in [0.2, 0.25) is 0 Å². The summed E-state index contributed by atoms with van der Waals surface area (Å²) in [7, 11) is 0. The van der Waals surface area contributed by atoms with Gasteiger partial charge in [0.05, 0.1) is 6.10 Å². The van der Waals surface area contributed by atoms with Crippen molar-refractivity contribution in [3.8, 4) is 0 Å². The zero-order valence-corrected chi connectivity index (χ0v) is 9.00. The Labute approximate surface area is 77.6 Å². The molecule has 1 aliphatic heterocycles. The van der Waals surface area contributed by atoms with E-state index < -0.39 is 0 Å². The summed E-state index contributed by atoms with van der Waals surface area (Å²) >= 11 is 3.88. The Morgan fingerprint density at radius 1 is 1.45 bits per heavy atom. The summed E-state index contributed by atoms with van der Waals surface area (Å²) in [5.74, 6) is 1.22. The van der Waals surface area contributed by atoms with Crippen molar-refractivity contribution in [1.82, 2.24) is 0 Å². The summed E-state index contributed by atoms with van der Waals surface area (Å²) in [5, 5.41) is 0.682. The third kappa shape index (κ3) is 2.88. The highest BCUT2D eigenvalue weighted by molar-refractivity contribution is 8.00. The fourth-order valence-electron chi connectivity index (χ4n) is 1.08. The van der Waals surface area contributed by atoms with E-state index >= 15 is 0 Å². The molecule has 0 amide bonds. The third-order valence-electron chi connectivity index (χ3n) is 1.95. The Morgan fingerprint density at radius 3 is 2.64 bits per heavy atom. The molecule has 0 aromatic carbocycles. The molecule has 0 aromatic heterocycles. The summed E-state index contributed by atoms with van der Waals surface area (Å²) < 4.78 is 5.73. The van der Waals surface area contributed by atoms with Crippen molar-refractivity contribution >= 4 is 23.5 Å². The van der Waals surface area contributed by atoms with Crippen LogP contribution >= 0.6 is 23.5 Å². The van der Waals surface area contributed by atoms with Crippen molar-refractivity contribution in [3.05, 3.63) is 0 Å². The minimum atomic E-state index is 0.451. The molecule has 1 heterocycles. The summed E-state index contributed by atoms with van der Waals surface area (Å²) in [4.78, 5) is 0.